The summed E-state index contributed by atoms with van der Waals surface area (Å²) in [5.41, 5.74) is 3.71. The maximum absolute atomic E-state index is 11.4. The molecule has 0 aliphatic heterocycles. The van der Waals surface area contributed by atoms with Crippen molar-refractivity contribution in [2.45, 2.75) is 24.4 Å². The molecule has 5 aromatic rings. The Morgan fingerprint density at radius 3 is 2.59 bits per heavy atom. The summed E-state index contributed by atoms with van der Waals surface area (Å²) in [6, 6.07) is 20.0. The molecule has 0 bridgehead atoms. The van der Waals surface area contributed by atoms with Crippen LogP contribution in [0.15, 0.2) is 73.1 Å². The number of hydrogen-bond donors (Lipinski definition) is 1. The van der Waals surface area contributed by atoms with Gasteiger partial charge in [-0.1, -0.05) is 60.1 Å². The molecule has 6 rings (SSSR count). The van der Waals surface area contributed by atoms with Gasteiger partial charge in [-0.2, -0.15) is 8.42 Å². The summed E-state index contributed by atoms with van der Waals surface area (Å²) in [7, 11) is -3.64. The van der Waals surface area contributed by atoms with E-state index in [1.54, 1.807) is 12.4 Å². The Hall–Kier alpha value is -3.37. The Morgan fingerprint density at radius 1 is 1.08 bits per heavy atom. The van der Waals surface area contributed by atoms with Crippen LogP contribution in [0.3, 0.4) is 0 Å². The topological polar surface area (TPSA) is 107 Å². The van der Waals surface area contributed by atoms with Gasteiger partial charge in [0.15, 0.2) is 5.15 Å². The van der Waals surface area contributed by atoms with E-state index in [1.165, 1.54) is 0 Å². The van der Waals surface area contributed by atoms with E-state index >= 15 is 0 Å². The standard InChI is InChI=1S/C27H23ClN4O4S/c1-37(34,35)36-16-27(33)14-20(15-27)26-31-23(24-25(28)29-11-12-32(24)26)19-8-7-18-9-10-21(30-22(18)13-19)17-5-3-2-4-6-17/h2-13,20,33H,14-16H2,1H3/t20-,27-. The van der Waals surface area contributed by atoms with Crippen LogP contribution in [-0.2, 0) is 14.3 Å². The molecule has 3 heterocycles. The van der Waals surface area contributed by atoms with Crippen LogP contribution in [0.5, 0.6) is 0 Å². The number of pyridine rings is 1. The van der Waals surface area contributed by atoms with E-state index in [0.717, 1.165) is 39.8 Å². The molecular formula is C27H23ClN4O4S. The first-order chi connectivity index (χ1) is 17.7. The molecule has 0 amide bonds. The van der Waals surface area contributed by atoms with Crippen LogP contribution in [-0.4, -0.2) is 51.3 Å². The zero-order chi connectivity index (χ0) is 25.8. The third-order valence-electron chi connectivity index (χ3n) is 6.73. The first-order valence-corrected chi connectivity index (χ1v) is 13.9. The molecule has 1 saturated carbocycles. The van der Waals surface area contributed by atoms with Crippen LogP contribution < -0.4 is 0 Å². The largest absolute Gasteiger partial charge is 0.387 e. The number of halogens is 1. The highest BCUT2D eigenvalue weighted by atomic mass is 35.5. The van der Waals surface area contributed by atoms with Gasteiger partial charge in [-0.25, -0.2) is 15.0 Å². The Balaban J connectivity index is 1.39. The van der Waals surface area contributed by atoms with Crippen LogP contribution in [0.2, 0.25) is 5.15 Å². The second kappa shape index (κ2) is 8.88. The van der Waals surface area contributed by atoms with Crippen molar-refractivity contribution in [3.63, 3.8) is 0 Å². The second-order valence-electron chi connectivity index (χ2n) is 9.52. The first-order valence-electron chi connectivity index (χ1n) is 11.7. The van der Waals surface area contributed by atoms with Gasteiger partial charge in [-0.3, -0.25) is 8.58 Å². The van der Waals surface area contributed by atoms with Crippen molar-refractivity contribution in [1.82, 2.24) is 19.4 Å². The van der Waals surface area contributed by atoms with Crippen LogP contribution in [0.1, 0.15) is 24.6 Å². The van der Waals surface area contributed by atoms with Crippen LogP contribution in [0.25, 0.3) is 38.9 Å². The minimum absolute atomic E-state index is 0.101. The molecule has 188 valence electrons. The Morgan fingerprint density at radius 2 is 1.84 bits per heavy atom. The van der Waals surface area contributed by atoms with Crippen molar-refractivity contribution in [2.75, 3.05) is 12.9 Å². The van der Waals surface area contributed by atoms with E-state index in [4.69, 9.17) is 25.8 Å². The number of fused-ring (bicyclic) bond motifs is 2. The number of benzene rings is 2. The third-order valence-corrected chi connectivity index (χ3v) is 7.55. The molecule has 0 spiro atoms. The van der Waals surface area contributed by atoms with E-state index in [9.17, 15) is 13.5 Å². The summed E-state index contributed by atoms with van der Waals surface area (Å²) in [5, 5.41) is 12.0. The molecule has 1 fully saturated rings. The molecule has 1 aliphatic carbocycles. The molecular weight excluding hydrogens is 512 g/mol. The normalized spacial score (nSPS) is 19.8. The smallest absolute Gasteiger partial charge is 0.264 e. The molecule has 0 saturated heterocycles. The first kappa shape index (κ1) is 24.0. The minimum Gasteiger partial charge on any atom is -0.387 e. The van der Waals surface area contributed by atoms with Gasteiger partial charge in [0.05, 0.1) is 35.4 Å². The lowest BCUT2D eigenvalue weighted by Gasteiger charge is -2.42. The monoisotopic (exact) mass is 534 g/mol. The predicted octanol–water partition coefficient (Wildman–Crippen LogP) is 4.85. The fourth-order valence-corrected chi connectivity index (χ4v) is 5.59. The van der Waals surface area contributed by atoms with Crippen molar-refractivity contribution in [1.29, 1.82) is 0 Å². The van der Waals surface area contributed by atoms with E-state index in [2.05, 4.69) is 4.98 Å². The van der Waals surface area contributed by atoms with E-state index in [1.807, 2.05) is 65.1 Å². The summed E-state index contributed by atoms with van der Waals surface area (Å²) >= 11 is 6.55. The SMILES string of the molecule is CS(=O)(=O)OC[C@]1(O)C[C@H](c2nc(-c3ccc4ccc(-c5ccccc5)nc4c3)c3c(Cl)nccn32)C1. The van der Waals surface area contributed by atoms with Crippen molar-refractivity contribution in [2.24, 2.45) is 0 Å². The average Bonchev–Trinajstić information content (AvgIpc) is 3.26. The van der Waals surface area contributed by atoms with E-state index in [-0.39, 0.29) is 12.5 Å². The average molecular weight is 535 g/mol. The lowest BCUT2D eigenvalue weighted by Crippen LogP contribution is -2.47. The fraction of sp³-hybridized carbons (Fsp3) is 0.222. The predicted molar refractivity (Wildman–Crippen MR) is 142 cm³/mol. The number of nitrogens with zero attached hydrogens (tertiary/aromatic N) is 4. The third kappa shape index (κ3) is 4.59. The van der Waals surface area contributed by atoms with Crippen LogP contribution >= 0.6 is 11.6 Å². The van der Waals surface area contributed by atoms with Crippen molar-refractivity contribution < 1.29 is 17.7 Å². The molecule has 2 aromatic carbocycles. The van der Waals surface area contributed by atoms with Gasteiger partial charge in [0.1, 0.15) is 11.3 Å². The zero-order valence-corrected chi connectivity index (χ0v) is 21.4. The minimum atomic E-state index is -3.64. The van der Waals surface area contributed by atoms with Gasteiger partial charge in [-0.05, 0) is 25.0 Å². The molecule has 1 aliphatic rings. The summed E-state index contributed by atoms with van der Waals surface area (Å²) < 4.78 is 29.5. The maximum Gasteiger partial charge on any atom is 0.264 e. The summed E-state index contributed by atoms with van der Waals surface area (Å²) in [6.07, 6.45) is 5.01. The zero-order valence-electron chi connectivity index (χ0n) is 19.9. The van der Waals surface area contributed by atoms with E-state index in [0.29, 0.717) is 29.2 Å². The number of rotatable bonds is 6. The van der Waals surface area contributed by atoms with Crippen molar-refractivity contribution >= 4 is 38.1 Å². The van der Waals surface area contributed by atoms with Crippen LogP contribution in [0.4, 0.5) is 0 Å². The molecule has 37 heavy (non-hydrogen) atoms. The van der Waals surface area contributed by atoms with Crippen molar-refractivity contribution in [3.05, 3.63) is 84.0 Å². The summed E-state index contributed by atoms with van der Waals surface area (Å²) in [4.78, 5) is 14.1. The summed E-state index contributed by atoms with van der Waals surface area (Å²) in [5.74, 6) is 0.626. The number of hydrogen-bond acceptors (Lipinski definition) is 7. The highest BCUT2D eigenvalue weighted by molar-refractivity contribution is 7.85. The lowest BCUT2D eigenvalue weighted by molar-refractivity contribution is -0.0799. The highest BCUT2D eigenvalue weighted by Gasteiger charge is 2.46. The van der Waals surface area contributed by atoms with E-state index < -0.39 is 15.7 Å². The number of aromatic nitrogens is 4. The molecule has 0 radical (unpaired) electrons. The molecule has 8 nitrogen and oxygen atoms in total. The Kier molecular flexibility index (Phi) is 5.76. The lowest BCUT2D eigenvalue weighted by atomic mass is 9.71. The quantitative estimate of drug-likeness (QED) is 0.310. The number of aliphatic hydroxyl groups is 1. The highest BCUT2D eigenvalue weighted by Crippen LogP contribution is 2.46. The Labute approximate surface area is 218 Å². The molecule has 0 unspecified atom stereocenters. The van der Waals surface area contributed by atoms with Gasteiger partial charge in [0.25, 0.3) is 10.1 Å². The molecule has 1 N–H and O–H groups in total. The molecule has 3 aromatic heterocycles. The molecule has 0 atom stereocenters. The van der Waals surface area contributed by atoms with Gasteiger partial charge >= 0.3 is 0 Å². The summed E-state index contributed by atoms with van der Waals surface area (Å²) in [6.45, 7) is -0.277. The van der Waals surface area contributed by atoms with Gasteiger partial charge in [0.2, 0.25) is 0 Å². The molecule has 10 heteroatoms. The fourth-order valence-electron chi connectivity index (χ4n) is 4.92. The van der Waals surface area contributed by atoms with Crippen LogP contribution in [0, 0.1) is 0 Å². The van der Waals surface area contributed by atoms with Gasteiger partial charge in [0, 0.05) is 34.8 Å². The van der Waals surface area contributed by atoms with Gasteiger partial charge in [-0.15, -0.1) is 0 Å². The second-order valence-corrected chi connectivity index (χ2v) is 11.5. The Bertz CT molecular complexity index is 1750. The van der Waals surface area contributed by atoms with Gasteiger partial charge < -0.3 is 5.11 Å². The maximum atomic E-state index is 11.4. The van der Waals surface area contributed by atoms with Crippen molar-refractivity contribution in [3.8, 4) is 22.5 Å². The number of imidazole rings is 1.